The van der Waals surface area contributed by atoms with Crippen LogP contribution < -0.4 is 10.5 Å². The number of anilines is 1. The lowest BCUT2D eigenvalue weighted by Gasteiger charge is -2.34. The van der Waals surface area contributed by atoms with Gasteiger partial charge in [-0.1, -0.05) is 12.1 Å². The van der Waals surface area contributed by atoms with E-state index in [1.54, 1.807) is 9.47 Å². The van der Waals surface area contributed by atoms with Crippen LogP contribution in [0.1, 0.15) is 41.6 Å². The lowest BCUT2D eigenvalue weighted by atomic mass is 10.1. The van der Waals surface area contributed by atoms with Crippen LogP contribution in [0.15, 0.2) is 47.5 Å². The lowest BCUT2D eigenvalue weighted by molar-refractivity contribution is -0.121. The number of aliphatic hydroxyl groups is 1. The maximum Gasteiger partial charge on any atom is 0.280 e. The SMILES string of the molecule is O=C(/N=c1\[nH]c2cc(N3CCN(CC4CC4)CC3=O)ccc2n1CCCO)c1cccc(C(F)F)c1. The molecule has 2 aliphatic rings. The van der Waals surface area contributed by atoms with Crippen molar-refractivity contribution in [1.82, 2.24) is 14.5 Å². The molecule has 2 amide bonds. The van der Waals surface area contributed by atoms with Gasteiger partial charge in [-0.05, 0) is 55.5 Å². The fourth-order valence-electron chi connectivity index (χ4n) is 4.66. The highest BCUT2D eigenvalue weighted by Crippen LogP contribution is 2.30. The first kappa shape index (κ1) is 24.3. The van der Waals surface area contributed by atoms with E-state index in [2.05, 4.69) is 14.9 Å². The number of hydrogen-bond donors (Lipinski definition) is 2. The second-order valence-corrected chi connectivity index (χ2v) is 9.45. The van der Waals surface area contributed by atoms with Gasteiger partial charge in [0.15, 0.2) is 0 Å². The molecule has 0 bridgehead atoms. The zero-order valence-electron chi connectivity index (χ0n) is 19.9. The number of aryl methyl sites for hydroxylation is 1. The van der Waals surface area contributed by atoms with Crippen LogP contribution in [-0.2, 0) is 11.3 Å². The summed E-state index contributed by atoms with van der Waals surface area (Å²) in [5.41, 5.74) is 2.29. The molecule has 2 aromatic carbocycles. The Hall–Kier alpha value is -3.37. The Balaban J connectivity index is 1.45. The van der Waals surface area contributed by atoms with Gasteiger partial charge in [0.1, 0.15) is 0 Å². The van der Waals surface area contributed by atoms with Crippen LogP contribution >= 0.6 is 0 Å². The fraction of sp³-hybridized carbons (Fsp3) is 0.423. The van der Waals surface area contributed by atoms with Crippen molar-refractivity contribution in [3.05, 3.63) is 59.2 Å². The fourth-order valence-corrected chi connectivity index (χ4v) is 4.66. The lowest BCUT2D eigenvalue weighted by Crippen LogP contribution is -2.50. The van der Waals surface area contributed by atoms with Gasteiger partial charge in [0.25, 0.3) is 12.3 Å². The van der Waals surface area contributed by atoms with E-state index in [0.717, 1.165) is 36.3 Å². The van der Waals surface area contributed by atoms with E-state index >= 15 is 0 Å². The van der Waals surface area contributed by atoms with E-state index in [1.165, 1.54) is 31.0 Å². The molecule has 2 heterocycles. The van der Waals surface area contributed by atoms with Crippen molar-refractivity contribution in [1.29, 1.82) is 0 Å². The van der Waals surface area contributed by atoms with Gasteiger partial charge in [0.2, 0.25) is 11.5 Å². The van der Waals surface area contributed by atoms with Crippen LogP contribution in [0.25, 0.3) is 11.0 Å². The molecule has 36 heavy (non-hydrogen) atoms. The minimum atomic E-state index is -2.68. The number of nitrogens with zero attached hydrogens (tertiary/aromatic N) is 4. The van der Waals surface area contributed by atoms with Gasteiger partial charge in [-0.2, -0.15) is 4.99 Å². The quantitative estimate of drug-likeness (QED) is 0.500. The molecular weight excluding hydrogens is 468 g/mol. The molecule has 1 saturated heterocycles. The summed E-state index contributed by atoms with van der Waals surface area (Å²) < 4.78 is 27.9. The Labute approximate surface area is 206 Å². The first-order chi connectivity index (χ1) is 17.4. The highest BCUT2D eigenvalue weighted by Gasteiger charge is 2.30. The number of carbonyl (C=O) groups is 2. The van der Waals surface area contributed by atoms with Gasteiger partial charge in [-0.3, -0.25) is 14.5 Å². The van der Waals surface area contributed by atoms with Gasteiger partial charge < -0.3 is 19.6 Å². The number of imidazole rings is 1. The normalized spacial score (nSPS) is 17.5. The van der Waals surface area contributed by atoms with Gasteiger partial charge in [0.05, 0.1) is 17.6 Å². The molecule has 1 aromatic heterocycles. The van der Waals surface area contributed by atoms with Gasteiger partial charge in [-0.25, -0.2) is 8.78 Å². The summed E-state index contributed by atoms with van der Waals surface area (Å²) in [4.78, 5) is 37.0. The highest BCUT2D eigenvalue weighted by molar-refractivity contribution is 5.97. The summed E-state index contributed by atoms with van der Waals surface area (Å²) in [5, 5.41) is 9.35. The third kappa shape index (κ3) is 5.24. The van der Waals surface area contributed by atoms with Crippen molar-refractivity contribution < 1.29 is 23.5 Å². The number of H-pyrrole nitrogens is 1. The number of fused-ring (bicyclic) bond motifs is 1. The molecule has 0 unspecified atom stereocenters. The summed E-state index contributed by atoms with van der Waals surface area (Å²) >= 11 is 0. The summed E-state index contributed by atoms with van der Waals surface area (Å²) in [6.07, 6.45) is 0.263. The third-order valence-corrected chi connectivity index (χ3v) is 6.73. The van der Waals surface area contributed by atoms with Crippen molar-refractivity contribution in [3.63, 3.8) is 0 Å². The number of aromatic nitrogens is 2. The zero-order chi connectivity index (χ0) is 25.2. The monoisotopic (exact) mass is 497 g/mol. The second kappa shape index (κ2) is 10.3. The predicted octanol–water partition coefficient (Wildman–Crippen LogP) is 3.09. The number of rotatable bonds is 8. The minimum absolute atomic E-state index is 0.0405. The molecule has 0 radical (unpaired) electrons. The first-order valence-electron chi connectivity index (χ1n) is 12.3. The van der Waals surface area contributed by atoms with E-state index in [4.69, 9.17) is 0 Å². The number of aromatic amines is 1. The number of alkyl halides is 2. The smallest absolute Gasteiger partial charge is 0.280 e. The van der Waals surface area contributed by atoms with Crippen molar-refractivity contribution in [2.24, 2.45) is 10.9 Å². The summed E-state index contributed by atoms with van der Waals surface area (Å²) in [7, 11) is 0. The maximum atomic E-state index is 13.1. The summed E-state index contributed by atoms with van der Waals surface area (Å²) in [6.45, 7) is 3.19. The number of nitrogens with one attached hydrogen (secondary N) is 1. The molecule has 2 N–H and O–H groups in total. The molecule has 8 nitrogen and oxygen atoms in total. The number of halogens is 2. The number of amides is 2. The van der Waals surface area contributed by atoms with Crippen LogP contribution in [0.4, 0.5) is 14.5 Å². The Morgan fingerprint density at radius 2 is 2.00 bits per heavy atom. The summed E-state index contributed by atoms with van der Waals surface area (Å²) in [6, 6.07) is 10.9. The maximum absolute atomic E-state index is 13.1. The average Bonchev–Trinajstić information content (AvgIpc) is 3.62. The van der Waals surface area contributed by atoms with Crippen LogP contribution in [0.5, 0.6) is 0 Å². The van der Waals surface area contributed by atoms with Crippen molar-refractivity contribution in [2.75, 3.05) is 37.7 Å². The molecule has 1 aliphatic carbocycles. The Morgan fingerprint density at radius 1 is 1.17 bits per heavy atom. The molecular formula is C26H29F2N5O3. The van der Waals surface area contributed by atoms with Crippen LogP contribution in [0.2, 0.25) is 0 Å². The standard InChI is InChI=1S/C26H29F2N5O3/c27-24(28)18-3-1-4-19(13-18)25(36)30-26-29-21-14-20(7-8-22(21)33(26)9-2-12-34)32-11-10-31(16-23(32)35)15-17-5-6-17/h1,3-4,7-8,13-14,17,24,34H,2,5-6,9-12,15-16H2,(H,29,30,36). The molecule has 0 spiro atoms. The van der Waals surface area contributed by atoms with Gasteiger partial charge in [0, 0.05) is 49.6 Å². The number of benzene rings is 2. The highest BCUT2D eigenvalue weighted by atomic mass is 19.3. The van der Waals surface area contributed by atoms with Crippen LogP contribution in [0, 0.1) is 5.92 Å². The molecule has 3 aromatic rings. The van der Waals surface area contributed by atoms with Crippen LogP contribution in [0.3, 0.4) is 0 Å². The first-order valence-corrected chi connectivity index (χ1v) is 12.3. The number of hydrogen-bond acceptors (Lipinski definition) is 4. The van der Waals surface area contributed by atoms with Crippen molar-refractivity contribution >= 4 is 28.5 Å². The van der Waals surface area contributed by atoms with Gasteiger partial charge in [-0.15, -0.1) is 0 Å². The van der Waals surface area contributed by atoms with E-state index in [-0.39, 0.29) is 29.3 Å². The number of aliphatic hydroxyl groups excluding tert-OH is 1. The summed E-state index contributed by atoms with van der Waals surface area (Å²) in [5.74, 6) is 0.140. The Kier molecular flexibility index (Phi) is 6.97. The van der Waals surface area contributed by atoms with E-state index < -0.39 is 12.3 Å². The molecule has 190 valence electrons. The molecule has 1 saturated carbocycles. The third-order valence-electron chi connectivity index (χ3n) is 6.73. The molecule has 0 atom stereocenters. The average molecular weight is 498 g/mol. The zero-order valence-corrected chi connectivity index (χ0v) is 19.9. The largest absolute Gasteiger partial charge is 0.396 e. The molecule has 10 heteroatoms. The van der Waals surface area contributed by atoms with E-state index in [1.807, 2.05) is 18.2 Å². The Morgan fingerprint density at radius 3 is 2.72 bits per heavy atom. The minimum Gasteiger partial charge on any atom is -0.396 e. The molecule has 2 fully saturated rings. The predicted molar refractivity (Wildman–Crippen MR) is 131 cm³/mol. The van der Waals surface area contributed by atoms with Crippen molar-refractivity contribution in [2.45, 2.75) is 32.2 Å². The molecule has 1 aliphatic heterocycles. The second-order valence-electron chi connectivity index (χ2n) is 9.45. The van der Waals surface area contributed by atoms with E-state index in [9.17, 15) is 23.5 Å². The topological polar surface area (TPSA) is 93.9 Å². The van der Waals surface area contributed by atoms with Crippen LogP contribution in [-0.4, -0.2) is 64.2 Å². The molecule has 5 rings (SSSR count). The van der Waals surface area contributed by atoms with Crippen molar-refractivity contribution in [3.8, 4) is 0 Å². The number of piperazine rings is 1. The van der Waals surface area contributed by atoms with E-state index in [0.29, 0.717) is 31.6 Å². The Bertz CT molecular complexity index is 1340. The van der Waals surface area contributed by atoms with Gasteiger partial charge >= 0.3 is 0 Å². The number of carbonyl (C=O) groups excluding carboxylic acids is 2.